The van der Waals surface area contributed by atoms with Crippen LogP contribution in [0.1, 0.15) is 33.6 Å². The zero-order chi connectivity index (χ0) is 16.9. The lowest BCUT2D eigenvalue weighted by molar-refractivity contribution is 0.0636. The van der Waals surface area contributed by atoms with Crippen LogP contribution in [0.4, 0.5) is 16.2 Å². The molecular weight excluding hydrogens is 294 g/mol. The lowest BCUT2D eigenvalue weighted by Crippen LogP contribution is -2.35. The Balaban J connectivity index is 2.12. The van der Waals surface area contributed by atoms with Gasteiger partial charge in [-0.25, -0.2) is 4.79 Å². The summed E-state index contributed by atoms with van der Waals surface area (Å²) >= 11 is 0. The molecule has 0 aliphatic carbocycles. The Labute approximate surface area is 137 Å². The topological polar surface area (TPSA) is 71.6 Å². The number of piperidine rings is 1. The number of amides is 1. The summed E-state index contributed by atoms with van der Waals surface area (Å²) in [7, 11) is 1.63. The molecule has 0 saturated carbocycles. The van der Waals surface area contributed by atoms with Crippen molar-refractivity contribution in [3.05, 3.63) is 18.2 Å². The maximum absolute atomic E-state index is 12.0. The highest BCUT2D eigenvalue weighted by Gasteiger charge is 2.19. The minimum atomic E-state index is -0.529. The summed E-state index contributed by atoms with van der Waals surface area (Å²) in [6.07, 6.45) is 1.63. The van der Waals surface area contributed by atoms with Gasteiger partial charge < -0.3 is 20.1 Å². The summed E-state index contributed by atoms with van der Waals surface area (Å²) in [5.41, 5.74) is 1.01. The van der Waals surface area contributed by atoms with E-state index >= 15 is 0 Å². The molecule has 128 valence electrons. The predicted molar refractivity (Wildman–Crippen MR) is 92.4 cm³/mol. The molecule has 1 aliphatic heterocycles. The lowest BCUT2D eigenvalue weighted by atomic mass is 10.1. The van der Waals surface area contributed by atoms with Gasteiger partial charge in [0.05, 0.1) is 18.5 Å². The van der Waals surface area contributed by atoms with Crippen molar-refractivity contribution in [1.29, 1.82) is 0 Å². The molecule has 0 bridgehead atoms. The fraction of sp³-hybridized carbons (Fsp3) is 0.588. The quantitative estimate of drug-likeness (QED) is 0.794. The van der Waals surface area contributed by atoms with Gasteiger partial charge in [0, 0.05) is 12.1 Å². The predicted octanol–water partition coefficient (Wildman–Crippen LogP) is 3.21. The van der Waals surface area contributed by atoms with Crippen LogP contribution in [0.2, 0.25) is 0 Å². The molecule has 1 aromatic rings. The third-order valence-corrected chi connectivity index (χ3v) is 3.56. The van der Waals surface area contributed by atoms with Crippen molar-refractivity contribution in [3.8, 4) is 5.75 Å². The number of hydrogen-bond donors (Lipinski definition) is 3. The molecule has 3 N–H and O–H groups in total. The first-order valence-electron chi connectivity index (χ1n) is 8.03. The lowest BCUT2D eigenvalue weighted by Gasteiger charge is -2.26. The SMILES string of the molecule is COc1ccc(NC(=O)OC(C)(C)C)c(NC2CCNCC2)c1. The number of anilines is 2. The zero-order valence-corrected chi connectivity index (χ0v) is 14.4. The van der Waals surface area contributed by atoms with Gasteiger partial charge in [-0.15, -0.1) is 0 Å². The fourth-order valence-electron chi connectivity index (χ4n) is 2.48. The normalized spacial score (nSPS) is 15.8. The maximum atomic E-state index is 12.0. The fourth-order valence-corrected chi connectivity index (χ4v) is 2.48. The summed E-state index contributed by atoms with van der Waals surface area (Å²) in [6, 6.07) is 5.92. The van der Waals surface area contributed by atoms with Crippen LogP contribution < -0.4 is 20.7 Å². The highest BCUT2D eigenvalue weighted by Crippen LogP contribution is 2.29. The monoisotopic (exact) mass is 321 g/mol. The van der Waals surface area contributed by atoms with E-state index in [1.807, 2.05) is 39.0 Å². The summed E-state index contributed by atoms with van der Waals surface area (Å²) in [5.74, 6) is 0.746. The Kier molecular flexibility index (Phi) is 5.71. The summed E-state index contributed by atoms with van der Waals surface area (Å²) in [6.45, 7) is 7.52. The molecule has 0 atom stereocenters. The Hall–Kier alpha value is -1.95. The van der Waals surface area contributed by atoms with Gasteiger partial charge in [0.2, 0.25) is 0 Å². The second kappa shape index (κ2) is 7.55. The van der Waals surface area contributed by atoms with E-state index < -0.39 is 11.7 Å². The van der Waals surface area contributed by atoms with E-state index in [-0.39, 0.29) is 0 Å². The molecule has 1 amide bonds. The Morgan fingerprint density at radius 1 is 1.22 bits per heavy atom. The minimum Gasteiger partial charge on any atom is -0.497 e. The van der Waals surface area contributed by atoms with Gasteiger partial charge in [-0.1, -0.05) is 0 Å². The third-order valence-electron chi connectivity index (χ3n) is 3.56. The van der Waals surface area contributed by atoms with Crippen LogP contribution in [-0.2, 0) is 4.74 Å². The van der Waals surface area contributed by atoms with E-state index in [1.54, 1.807) is 7.11 Å². The Morgan fingerprint density at radius 3 is 2.52 bits per heavy atom. The van der Waals surface area contributed by atoms with Crippen molar-refractivity contribution in [1.82, 2.24) is 5.32 Å². The molecule has 1 aromatic carbocycles. The smallest absolute Gasteiger partial charge is 0.412 e. The van der Waals surface area contributed by atoms with E-state index in [0.29, 0.717) is 11.7 Å². The number of carbonyl (C=O) groups excluding carboxylic acids is 1. The molecule has 1 aliphatic rings. The standard InChI is InChI=1S/C17H27N3O3/c1-17(2,3)23-16(21)20-14-6-5-13(22-4)11-15(14)19-12-7-9-18-10-8-12/h5-6,11-12,18-19H,7-10H2,1-4H3,(H,20,21). The second-order valence-corrected chi connectivity index (χ2v) is 6.71. The van der Waals surface area contributed by atoms with Crippen molar-refractivity contribution >= 4 is 17.5 Å². The van der Waals surface area contributed by atoms with E-state index in [2.05, 4.69) is 16.0 Å². The van der Waals surface area contributed by atoms with Crippen molar-refractivity contribution < 1.29 is 14.3 Å². The third kappa shape index (κ3) is 5.63. The van der Waals surface area contributed by atoms with E-state index in [4.69, 9.17) is 9.47 Å². The van der Waals surface area contributed by atoms with Crippen LogP contribution in [0.25, 0.3) is 0 Å². The molecule has 6 heteroatoms. The highest BCUT2D eigenvalue weighted by molar-refractivity contribution is 5.90. The van der Waals surface area contributed by atoms with Crippen LogP contribution in [0.5, 0.6) is 5.75 Å². The van der Waals surface area contributed by atoms with Crippen molar-refractivity contribution in [2.24, 2.45) is 0 Å². The number of nitrogens with one attached hydrogen (secondary N) is 3. The first-order chi connectivity index (χ1) is 10.9. The van der Waals surface area contributed by atoms with Gasteiger partial charge in [0.15, 0.2) is 0 Å². The van der Waals surface area contributed by atoms with Gasteiger partial charge in [0.25, 0.3) is 0 Å². The molecule has 2 rings (SSSR count). The average Bonchev–Trinajstić information content (AvgIpc) is 2.48. The number of hydrogen-bond acceptors (Lipinski definition) is 5. The van der Waals surface area contributed by atoms with Gasteiger partial charge in [0.1, 0.15) is 11.4 Å². The second-order valence-electron chi connectivity index (χ2n) is 6.71. The number of rotatable bonds is 4. The largest absolute Gasteiger partial charge is 0.497 e. The molecule has 0 spiro atoms. The Bertz CT molecular complexity index is 534. The molecule has 1 heterocycles. The van der Waals surface area contributed by atoms with Crippen molar-refractivity contribution in [3.63, 3.8) is 0 Å². The van der Waals surface area contributed by atoms with Crippen LogP contribution in [0.15, 0.2) is 18.2 Å². The van der Waals surface area contributed by atoms with Crippen molar-refractivity contribution in [2.75, 3.05) is 30.8 Å². The van der Waals surface area contributed by atoms with Gasteiger partial charge >= 0.3 is 6.09 Å². The minimum absolute atomic E-state index is 0.377. The first kappa shape index (κ1) is 17.4. The van der Waals surface area contributed by atoms with E-state index in [0.717, 1.165) is 37.4 Å². The summed E-state index contributed by atoms with van der Waals surface area (Å²) < 4.78 is 10.6. The highest BCUT2D eigenvalue weighted by atomic mass is 16.6. The zero-order valence-electron chi connectivity index (χ0n) is 14.4. The maximum Gasteiger partial charge on any atom is 0.412 e. The molecule has 1 saturated heterocycles. The van der Waals surface area contributed by atoms with Crippen LogP contribution >= 0.6 is 0 Å². The van der Waals surface area contributed by atoms with Crippen LogP contribution in [0, 0.1) is 0 Å². The number of methoxy groups -OCH3 is 1. The van der Waals surface area contributed by atoms with E-state index in [9.17, 15) is 4.79 Å². The molecule has 0 aromatic heterocycles. The number of benzene rings is 1. The molecule has 0 unspecified atom stereocenters. The van der Waals surface area contributed by atoms with Crippen LogP contribution in [0.3, 0.4) is 0 Å². The number of carbonyl (C=O) groups is 1. The van der Waals surface area contributed by atoms with Crippen molar-refractivity contribution in [2.45, 2.75) is 45.3 Å². The van der Waals surface area contributed by atoms with Gasteiger partial charge in [-0.2, -0.15) is 0 Å². The average molecular weight is 321 g/mol. The number of ether oxygens (including phenoxy) is 2. The first-order valence-corrected chi connectivity index (χ1v) is 8.03. The summed E-state index contributed by atoms with van der Waals surface area (Å²) in [5, 5.41) is 9.66. The van der Waals surface area contributed by atoms with Gasteiger partial charge in [-0.05, 0) is 58.8 Å². The van der Waals surface area contributed by atoms with E-state index in [1.165, 1.54) is 0 Å². The summed E-state index contributed by atoms with van der Waals surface area (Å²) in [4.78, 5) is 12.0. The Morgan fingerprint density at radius 2 is 1.91 bits per heavy atom. The van der Waals surface area contributed by atoms with Gasteiger partial charge in [-0.3, -0.25) is 5.32 Å². The molecular formula is C17H27N3O3. The van der Waals surface area contributed by atoms with Crippen LogP contribution in [-0.4, -0.2) is 37.9 Å². The molecule has 0 radical (unpaired) electrons. The molecule has 1 fully saturated rings. The molecule has 6 nitrogen and oxygen atoms in total. The molecule has 23 heavy (non-hydrogen) atoms.